The summed E-state index contributed by atoms with van der Waals surface area (Å²) in [5.41, 5.74) is 2.36. The van der Waals surface area contributed by atoms with Gasteiger partial charge in [-0.1, -0.05) is 12.1 Å². The van der Waals surface area contributed by atoms with E-state index in [-0.39, 0.29) is 17.9 Å². The van der Waals surface area contributed by atoms with Crippen molar-refractivity contribution in [2.45, 2.75) is 46.2 Å². The average Bonchev–Trinajstić information content (AvgIpc) is 3.22. The van der Waals surface area contributed by atoms with E-state index >= 15 is 0 Å². The molecule has 7 heteroatoms. The fraction of sp³-hybridized carbons (Fsp3) is 0.545. The van der Waals surface area contributed by atoms with Gasteiger partial charge in [0.15, 0.2) is 11.6 Å². The minimum absolute atomic E-state index is 0.0484. The summed E-state index contributed by atoms with van der Waals surface area (Å²) < 4.78 is 29.4. The highest BCUT2D eigenvalue weighted by Crippen LogP contribution is 2.39. The number of aryl methyl sites for hydroxylation is 2. The first-order chi connectivity index (χ1) is 13.8. The third-order valence-corrected chi connectivity index (χ3v) is 6.35. The van der Waals surface area contributed by atoms with Crippen LogP contribution < -0.4 is 0 Å². The zero-order valence-corrected chi connectivity index (χ0v) is 17.1. The molecule has 1 atom stereocenters. The monoisotopic (exact) mass is 402 g/mol. The molecule has 29 heavy (non-hydrogen) atoms. The molecule has 0 aliphatic carbocycles. The minimum Gasteiger partial charge on any atom is -0.340 e. The Morgan fingerprint density at radius 1 is 1.17 bits per heavy atom. The molecule has 0 saturated carbocycles. The number of likely N-dealkylation sites (tertiary alicyclic amines) is 2. The second-order valence-electron chi connectivity index (χ2n) is 8.68. The maximum Gasteiger partial charge on any atom is 0.244 e. The van der Waals surface area contributed by atoms with Crippen LogP contribution in [0, 0.1) is 30.9 Å². The van der Waals surface area contributed by atoms with Gasteiger partial charge >= 0.3 is 0 Å². The third-order valence-electron chi connectivity index (χ3n) is 6.35. The highest BCUT2D eigenvalue weighted by Gasteiger charge is 2.42. The summed E-state index contributed by atoms with van der Waals surface area (Å²) >= 11 is 0. The van der Waals surface area contributed by atoms with Crippen molar-refractivity contribution < 1.29 is 13.6 Å². The topological polar surface area (TPSA) is 41.4 Å². The number of amides is 1. The summed E-state index contributed by atoms with van der Waals surface area (Å²) in [7, 11) is 0. The molecule has 2 fully saturated rings. The number of hydrogen-bond acceptors (Lipinski definition) is 3. The summed E-state index contributed by atoms with van der Waals surface area (Å²) in [5, 5.41) is 4.39. The van der Waals surface area contributed by atoms with Crippen molar-refractivity contribution in [3.8, 4) is 0 Å². The molecule has 1 amide bonds. The molecule has 3 heterocycles. The lowest BCUT2D eigenvalue weighted by molar-refractivity contribution is -0.131. The number of nitrogens with zero attached hydrogens (tertiary/aromatic N) is 4. The third kappa shape index (κ3) is 4.20. The first-order valence-corrected chi connectivity index (χ1v) is 10.3. The summed E-state index contributed by atoms with van der Waals surface area (Å²) in [6.45, 7) is 7.73. The number of hydrogen-bond donors (Lipinski definition) is 0. The second kappa shape index (κ2) is 7.86. The molecule has 0 radical (unpaired) electrons. The second-order valence-corrected chi connectivity index (χ2v) is 8.68. The van der Waals surface area contributed by atoms with E-state index in [4.69, 9.17) is 0 Å². The summed E-state index contributed by atoms with van der Waals surface area (Å²) in [4.78, 5) is 17.0. The summed E-state index contributed by atoms with van der Waals surface area (Å²) in [5.74, 6) is -1.45. The van der Waals surface area contributed by atoms with E-state index in [1.807, 2.05) is 24.8 Å². The van der Waals surface area contributed by atoms with E-state index in [2.05, 4.69) is 10.00 Å². The van der Waals surface area contributed by atoms with Gasteiger partial charge in [-0.25, -0.2) is 8.78 Å². The molecule has 2 aromatic rings. The van der Waals surface area contributed by atoms with Crippen LogP contribution in [-0.4, -0.2) is 51.7 Å². The van der Waals surface area contributed by atoms with E-state index in [1.54, 1.807) is 16.8 Å². The van der Waals surface area contributed by atoms with Gasteiger partial charge in [0.05, 0.1) is 5.69 Å². The lowest BCUT2D eigenvalue weighted by Crippen LogP contribution is -2.45. The molecule has 4 rings (SSSR count). The van der Waals surface area contributed by atoms with Crippen LogP contribution in [-0.2, 0) is 17.9 Å². The highest BCUT2D eigenvalue weighted by atomic mass is 19.2. The lowest BCUT2D eigenvalue weighted by atomic mass is 9.79. The molecule has 5 nitrogen and oxygen atoms in total. The van der Waals surface area contributed by atoms with Crippen LogP contribution in [0.4, 0.5) is 8.78 Å². The van der Waals surface area contributed by atoms with E-state index in [0.29, 0.717) is 12.1 Å². The molecule has 1 aromatic carbocycles. The van der Waals surface area contributed by atoms with E-state index < -0.39 is 11.6 Å². The minimum atomic E-state index is -0.795. The maximum atomic E-state index is 14.1. The fourth-order valence-electron chi connectivity index (χ4n) is 4.90. The Bertz CT molecular complexity index is 912. The molecule has 2 saturated heterocycles. The van der Waals surface area contributed by atoms with E-state index in [9.17, 15) is 13.6 Å². The van der Waals surface area contributed by atoms with Crippen molar-refractivity contribution >= 4 is 5.91 Å². The van der Waals surface area contributed by atoms with E-state index in [1.165, 1.54) is 0 Å². The quantitative estimate of drug-likeness (QED) is 0.788. The number of halogens is 2. The molecule has 2 aliphatic rings. The first kappa shape index (κ1) is 20.0. The highest BCUT2D eigenvalue weighted by molar-refractivity contribution is 5.76. The van der Waals surface area contributed by atoms with Crippen molar-refractivity contribution in [1.82, 2.24) is 19.6 Å². The Hall–Kier alpha value is -2.28. The molecular weight excluding hydrogens is 374 g/mol. The number of piperidine rings is 1. The number of rotatable bonds is 4. The van der Waals surface area contributed by atoms with Crippen molar-refractivity contribution in [3.05, 3.63) is 52.9 Å². The van der Waals surface area contributed by atoms with Crippen LogP contribution in [0.5, 0.6) is 0 Å². The van der Waals surface area contributed by atoms with Gasteiger partial charge in [0.1, 0.15) is 6.54 Å². The van der Waals surface area contributed by atoms with Crippen LogP contribution in [0.25, 0.3) is 0 Å². The molecule has 0 bridgehead atoms. The lowest BCUT2D eigenvalue weighted by Gasteiger charge is -2.40. The molecule has 1 spiro atoms. The maximum absolute atomic E-state index is 14.1. The normalized spacial score (nSPS) is 22.6. The molecule has 2 aliphatic heterocycles. The van der Waals surface area contributed by atoms with Crippen molar-refractivity contribution in [3.63, 3.8) is 0 Å². The standard InChI is InChI=1S/C22H28F2N4O/c1-16-11-17(2)28(25-16)13-20(29)27-10-8-22(15-27)7-4-9-26(14-22)12-18-5-3-6-19(23)21(18)24/h3,5-6,11H,4,7-10,12-15H2,1-2H3. The average molecular weight is 402 g/mol. The van der Waals surface area contributed by atoms with Crippen molar-refractivity contribution in [2.75, 3.05) is 26.2 Å². The molecular formula is C22H28F2N4O. The van der Waals surface area contributed by atoms with Gasteiger partial charge in [-0.15, -0.1) is 0 Å². The van der Waals surface area contributed by atoms with Crippen LogP contribution in [0.3, 0.4) is 0 Å². The van der Waals surface area contributed by atoms with Gasteiger partial charge in [-0.3, -0.25) is 14.4 Å². The zero-order valence-electron chi connectivity index (χ0n) is 17.1. The van der Waals surface area contributed by atoms with Gasteiger partial charge < -0.3 is 4.90 Å². The Balaban J connectivity index is 1.39. The summed E-state index contributed by atoms with van der Waals surface area (Å²) in [6, 6.07) is 6.34. The van der Waals surface area contributed by atoms with Crippen LogP contribution in [0.2, 0.25) is 0 Å². The molecule has 1 unspecified atom stereocenters. The van der Waals surface area contributed by atoms with Gasteiger partial charge in [0.25, 0.3) is 0 Å². The van der Waals surface area contributed by atoms with Gasteiger partial charge in [-0.2, -0.15) is 5.10 Å². The van der Waals surface area contributed by atoms with Crippen LogP contribution in [0.15, 0.2) is 24.3 Å². The number of aromatic nitrogens is 2. The smallest absolute Gasteiger partial charge is 0.244 e. The van der Waals surface area contributed by atoms with Crippen molar-refractivity contribution in [1.29, 1.82) is 0 Å². The number of carbonyl (C=O) groups is 1. The predicted octanol–water partition coefficient (Wildman–Crippen LogP) is 3.29. The molecule has 0 N–H and O–H groups in total. The molecule has 156 valence electrons. The number of carbonyl (C=O) groups excluding carboxylic acids is 1. The Kier molecular flexibility index (Phi) is 5.42. The molecule has 1 aromatic heterocycles. The van der Waals surface area contributed by atoms with Crippen molar-refractivity contribution in [2.24, 2.45) is 5.41 Å². The van der Waals surface area contributed by atoms with Crippen LogP contribution in [0.1, 0.15) is 36.2 Å². The van der Waals surface area contributed by atoms with Crippen LogP contribution >= 0.6 is 0 Å². The Morgan fingerprint density at radius 3 is 2.76 bits per heavy atom. The van der Waals surface area contributed by atoms with Gasteiger partial charge in [-0.05, 0) is 51.8 Å². The predicted molar refractivity (Wildman–Crippen MR) is 106 cm³/mol. The Labute approximate surface area is 170 Å². The van der Waals surface area contributed by atoms with Gasteiger partial charge in [0.2, 0.25) is 5.91 Å². The largest absolute Gasteiger partial charge is 0.340 e. The van der Waals surface area contributed by atoms with Gasteiger partial charge in [0, 0.05) is 42.9 Å². The van der Waals surface area contributed by atoms with E-state index in [0.717, 1.165) is 62.9 Å². The number of benzene rings is 1. The zero-order chi connectivity index (χ0) is 20.6. The summed E-state index contributed by atoms with van der Waals surface area (Å²) in [6.07, 6.45) is 3.03. The SMILES string of the molecule is Cc1cc(C)n(CC(=O)N2CCC3(CCCN(Cc4cccc(F)c4F)C3)C2)n1. The fourth-order valence-corrected chi connectivity index (χ4v) is 4.90. The first-order valence-electron chi connectivity index (χ1n) is 10.3. The Morgan fingerprint density at radius 2 is 2.00 bits per heavy atom.